The first-order valence-electron chi connectivity index (χ1n) is 10.4. The predicted molar refractivity (Wildman–Crippen MR) is 131 cm³/mol. The summed E-state index contributed by atoms with van der Waals surface area (Å²) in [5.41, 5.74) is 1.64. The van der Waals surface area contributed by atoms with Gasteiger partial charge in [-0.3, -0.25) is 4.57 Å². The zero-order valence-corrected chi connectivity index (χ0v) is 22.4. The predicted octanol–water partition coefficient (Wildman–Crippen LogP) is 0.247. The number of nitrogens with zero attached hydrogens (tertiary/aromatic N) is 4. The van der Waals surface area contributed by atoms with Crippen LogP contribution >= 0.6 is 13.4 Å². The molecule has 2 fully saturated rings. The zero-order chi connectivity index (χ0) is 26.1. The van der Waals surface area contributed by atoms with Gasteiger partial charge >= 0.3 is 13.4 Å². The molecule has 2 aliphatic rings. The Morgan fingerprint density at radius 1 is 1.11 bits per heavy atom. The molecule has 4 rings (SSSR count). The molecular weight excluding hydrogens is 560 g/mol. The topological polar surface area (TPSA) is 192 Å². The van der Waals surface area contributed by atoms with Crippen molar-refractivity contribution in [3.8, 4) is 0 Å². The largest absolute Gasteiger partial charge is 0.365 e. The Hall–Kier alpha value is -1.01. The van der Waals surface area contributed by atoms with Crippen molar-refractivity contribution in [3.63, 3.8) is 0 Å². The molecule has 4 heterocycles. The first kappa shape index (κ1) is 28.0. The third kappa shape index (κ3) is 6.89. The van der Waals surface area contributed by atoms with Gasteiger partial charge in [0.1, 0.15) is 24.6 Å². The lowest BCUT2D eigenvalue weighted by Crippen LogP contribution is -2.31. The highest BCUT2D eigenvalue weighted by molar-refractivity contribution is 8.07. The second-order valence-corrected chi connectivity index (χ2v) is 13.2. The Balaban J connectivity index is 1.50. The van der Waals surface area contributed by atoms with Crippen LogP contribution in [0.5, 0.6) is 0 Å². The lowest BCUT2D eigenvalue weighted by atomic mass is 10.1. The third-order valence-electron chi connectivity index (χ3n) is 5.23. The summed E-state index contributed by atoms with van der Waals surface area (Å²) in [6.45, 7) is -6.70. The number of hydrogen-bond acceptors (Lipinski definition) is 12. The summed E-state index contributed by atoms with van der Waals surface area (Å²) in [4.78, 5) is 50.2. The molecule has 200 valence electrons. The summed E-state index contributed by atoms with van der Waals surface area (Å²) in [6.07, 6.45) is 1.91. The number of fused-ring (bicyclic) bond motifs is 2. The van der Waals surface area contributed by atoms with E-state index >= 15 is 0 Å². The fraction of sp³-hybridized carbons (Fsp3) is 0.588. The summed E-state index contributed by atoms with van der Waals surface area (Å²) < 4.78 is 34.2. The summed E-state index contributed by atoms with van der Waals surface area (Å²) >= 11 is 8.96. The van der Waals surface area contributed by atoms with Gasteiger partial charge in [-0.15, -0.1) is 0 Å². The Labute approximate surface area is 215 Å². The molecule has 5 atom stereocenters. The van der Waals surface area contributed by atoms with Gasteiger partial charge in [0.25, 0.3) is 6.48 Å². The maximum Gasteiger partial charge on any atom is 0.322 e. The fourth-order valence-electron chi connectivity index (χ4n) is 3.68. The second kappa shape index (κ2) is 11.4. The molecule has 2 aliphatic heterocycles. The van der Waals surface area contributed by atoms with Gasteiger partial charge in [0.05, 0.1) is 19.5 Å². The van der Waals surface area contributed by atoms with Gasteiger partial charge in [0, 0.05) is 13.7 Å². The SMILES string of the molecule is COC1O[C@@H]2[C@H](O1)[C@@H](COP(O)(O)=S)O[C@H]2n1cnc2c(NC/C=C(\C)COP(O)(O)=S)ncnc21. The number of ether oxygens (including phenoxy) is 4. The van der Waals surface area contributed by atoms with Crippen LogP contribution < -0.4 is 5.32 Å². The molecule has 0 amide bonds. The summed E-state index contributed by atoms with van der Waals surface area (Å²) in [7, 11) is 1.43. The van der Waals surface area contributed by atoms with E-state index in [1.807, 2.05) is 0 Å². The average molecular weight is 585 g/mol. The van der Waals surface area contributed by atoms with Gasteiger partial charge in [-0.2, -0.15) is 0 Å². The molecule has 2 aromatic rings. The normalized spacial score (nSPS) is 27.1. The molecule has 0 bridgehead atoms. The van der Waals surface area contributed by atoms with Crippen molar-refractivity contribution in [3.05, 3.63) is 24.3 Å². The minimum atomic E-state index is -3.90. The van der Waals surface area contributed by atoms with E-state index in [4.69, 9.17) is 28.0 Å². The van der Waals surface area contributed by atoms with E-state index in [0.29, 0.717) is 23.5 Å². The van der Waals surface area contributed by atoms with Crippen LogP contribution in [0.3, 0.4) is 0 Å². The first-order chi connectivity index (χ1) is 16.9. The molecule has 2 saturated heterocycles. The lowest BCUT2D eigenvalue weighted by molar-refractivity contribution is -0.256. The molecule has 36 heavy (non-hydrogen) atoms. The third-order valence-corrected chi connectivity index (χ3v) is 6.82. The van der Waals surface area contributed by atoms with Crippen LogP contribution in [0.2, 0.25) is 0 Å². The van der Waals surface area contributed by atoms with Crippen molar-refractivity contribution in [1.29, 1.82) is 0 Å². The molecule has 0 aliphatic carbocycles. The van der Waals surface area contributed by atoms with E-state index in [2.05, 4.69) is 43.9 Å². The van der Waals surface area contributed by atoms with Crippen LogP contribution in [-0.4, -0.2) is 90.7 Å². The molecule has 15 nitrogen and oxygen atoms in total. The quantitative estimate of drug-likeness (QED) is 0.178. The molecular formula is C17H25N5O10P2S2. The van der Waals surface area contributed by atoms with E-state index in [0.717, 1.165) is 5.57 Å². The number of hydrogen-bond donors (Lipinski definition) is 5. The minimum absolute atomic E-state index is 0.0160. The monoisotopic (exact) mass is 585 g/mol. The Kier molecular flexibility index (Phi) is 8.86. The smallest absolute Gasteiger partial charge is 0.322 e. The van der Waals surface area contributed by atoms with Gasteiger partial charge in [-0.25, -0.2) is 15.0 Å². The number of rotatable bonds is 11. The standard InChI is InChI=1S/C17H25N5O10P2S2/c1-9(5-28-33(23,24)35)3-4-18-14-11-15(20-7-19-14)22(8-21-11)16-13-12(31-17(27-2)32-13)10(30-16)6-29-34(25,26)36/h3,7-8,10,12-13,16-17H,4-6H2,1-2H3,(H,18,19,20)(H2,23,24,35)(H2,25,26,36)/b9-3+/t10-,12-,13-,16-,17?/m1/s1. The number of nitrogens with one attached hydrogen (secondary N) is 1. The number of methoxy groups -OCH3 is 1. The van der Waals surface area contributed by atoms with Crippen molar-refractivity contribution in [2.45, 2.75) is 37.9 Å². The van der Waals surface area contributed by atoms with Crippen LogP contribution in [0.15, 0.2) is 24.3 Å². The van der Waals surface area contributed by atoms with Crippen molar-refractivity contribution >= 4 is 54.0 Å². The average Bonchev–Trinajstić information content (AvgIpc) is 3.49. The zero-order valence-electron chi connectivity index (χ0n) is 19.0. The van der Waals surface area contributed by atoms with E-state index in [9.17, 15) is 19.6 Å². The van der Waals surface area contributed by atoms with Gasteiger partial charge in [-0.1, -0.05) is 6.08 Å². The summed E-state index contributed by atoms with van der Waals surface area (Å²) in [5.74, 6) is 0.451. The Morgan fingerprint density at radius 2 is 1.83 bits per heavy atom. The molecule has 5 N–H and O–H groups in total. The lowest BCUT2D eigenvalue weighted by Gasteiger charge is -2.21. The van der Waals surface area contributed by atoms with Gasteiger partial charge in [0.15, 0.2) is 23.2 Å². The molecule has 2 aromatic heterocycles. The highest BCUT2D eigenvalue weighted by Crippen LogP contribution is 2.43. The van der Waals surface area contributed by atoms with Gasteiger partial charge in [0.2, 0.25) is 0 Å². The van der Waals surface area contributed by atoms with Crippen LogP contribution in [0.25, 0.3) is 11.2 Å². The van der Waals surface area contributed by atoms with Crippen molar-refractivity contribution in [2.75, 3.05) is 32.2 Å². The summed E-state index contributed by atoms with van der Waals surface area (Å²) in [6, 6.07) is 0. The highest BCUT2D eigenvalue weighted by atomic mass is 32.5. The Bertz CT molecular complexity index is 1210. The highest BCUT2D eigenvalue weighted by Gasteiger charge is 2.54. The van der Waals surface area contributed by atoms with Crippen LogP contribution in [0.1, 0.15) is 13.2 Å². The molecule has 19 heteroatoms. The minimum Gasteiger partial charge on any atom is -0.365 e. The number of imidazole rings is 1. The van der Waals surface area contributed by atoms with Crippen molar-refractivity contribution < 1.29 is 47.6 Å². The molecule has 0 radical (unpaired) electrons. The van der Waals surface area contributed by atoms with E-state index < -0.39 is 44.5 Å². The molecule has 0 aromatic carbocycles. The first-order valence-corrected chi connectivity index (χ1v) is 15.7. The maximum absolute atomic E-state index is 9.44. The van der Waals surface area contributed by atoms with E-state index in [-0.39, 0.29) is 13.2 Å². The van der Waals surface area contributed by atoms with Crippen molar-refractivity contribution in [2.24, 2.45) is 0 Å². The number of anilines is 1. The summed E-state index contributed by atoms with van der Waals surface area (Å²) in [5, 5.41) is 3.13. The maximum atomic E-state index is 9.44. The van der Waals surface area contributed by atoms with Gasteiger partial charge < -0.3 is 52.9 Å². The molecule has 0 spiro atoms. The second-order valence-electron chi connectivity index (χ2n) is 7.82. The van der Waals surface area contributed by atoms with Gasteiger partial charge in [-0.05, 0) is 36.1 Å². The van der Waals surface area contributed by atoms with Crippen molar-refractivity contribution in [1.82, 2.24) is 19.5 Å². The number of aromatic nitrogens is 4. The fourth-order valence-corrected chi connectivity index (χ4v) is 4.73. The molecule has 1 unspecified atom stereocenters. The van der Waals surface area contributed by atoms with E-state index in [1.165, 1.54) is 19.8 Å². The molecule has 0 saturated carbocycles. The van der Waals surface area contributed by atoms with Crippen LogP contribution in [0.4, 0.5) is 5.82 Å². The van der Waals surface area contributed by atoms with Crippen LogP contribution in [0, 0.1) is 0 Å². The Morgan fingerprint density at radius 3 is 2.53 bits per heavy atom. The van der Waals surface area contributed by atoms with E-state index in [1.54, 1.807) is 17.6 Å². The van der Waals surface area contributed by atoms with Crippen LogP contribution in [-0.2, 0) is 51.6 Å².